The lowest BCUT2D eigenvalue weighted by Crippen LogP contribution is -2.06. The van der Waals surface area contributed by atoms with Crippen molar-refractivity contribution in [2.24, 2.45) is 0 Å². The summed E-state index contributed by atoms with van der Waals surface area (Å²) >= 11 is 0. The lowest BCUT2D eigenvalue weighted by Gasteiger charge is -2.09. The lowest BCUT2D eigenvalue weighted by atomic mass is 9.93. The molecule has 1 aliphatic rings. The van der Waals surface area contributed by atoms with E-state index in [1.54, 1.807) is 13.0 Å². The molecule has 0 bridgehead atoms. The Kier molecular flexibility index (Phi) is 1.96. The molecule has 1 heteroatoms. The number of ketones is 1. The maximum Gasteiger partial charge on any atom is 0.162 e. The minimum Gasteiger partial charge on any atom is -0.294 e. The van der Waals surface area contributed by atoms with Crippen LogP contribution in [0.1, 0.15) is 20.3 Å². The molecule has 0 atom stereocenters. The molecule has 0 heterocycles. The van der Waals surface area contributed by atoms with Crippen molar-refractivity contribution in [2.75, 3.05) is 0 Å². The molecule has 0 saturated carbocycles. The fourth-order valence-electron chi connectivity index (χ4n) is 1.06. The third-order valence-electron chi connectivity index (χ3n) is 1.84. The van der Waals surface area contributed by atoms with Gasteiger partial charge in [0.2, 0.25) is 0 Å². The van der Waals surface area contributed by atoms with Crippen molar-refractivity contribution >= 4 is 5.78 Å². The van der Waals surface area contributed by atoms with E-state index in [9.17, 15) is 4.79 Å². The quantitative estimate of drug-likeness (QED) is 0.477. The van der Waals surface area contributed by atoms with E-state index in [1.165, 1.54) is 0 Å². The molecule has 0 aromatic carbocycles. The van der Waals surface area contributed by atoms with Crippen LogP contribution in [0.25, 0.3) is 0 Å². The molecule has 1 aliphatic carbocycles. The van der Waals surface area contributed by atoms with Gasteiger partial charge in [-0.25, -0.2) is 0 Å². The molecule has 0 fully saturated rings. The molecule has 0 amide bonds. The molecule has 0 aliphatic heterocycles. The zero-order chi connectivity index (χ0) is 8.43. The number of hydrogen-bond acceptors (Lipinski definition) is 1. The minimum absolute atomic E-state index is 0.182. The normalized spacial score (nSPS) is 17.9. The van der Waals surface area contributed by atoms with Crippen LogP contribution in [-0.2, 0) is 4.79 Å². The van der Waals surface area contributed by atoms with Gasteiger partial charge < -0.3 is 0 Å². The Morgan fingerprint density at radius 3 is 2.73 bits per heavy atom. The first-order chi connectivity index (χ1) is 5.15. The third kappa shape index (κ3) is 1.40. The Bertz CT molecular complexity index is 297. The van der Waals surface area contributed by atoms with Crippen molar-refractivity contribution in [3.05, 3.63) is 22.8 Å². The summed E-state index contributed by atoms with van der Waals surface area (Å²) in [6.07, 6.45) is 7.50. The molecule has 0 radical (unpaired) electrons. The van der Waals surface area contributed by atoms with Gasteiger partial charge in [-0.3, -0.25) is 4.79 Å². The highest BCUT2D eigenvalue weighted by Crippen LogP contribution is 2.19. The van der Waals surface area contributed by atoms with Crippen LogP contribution in [0.3, 0.4) is 0 Å². The summed E-state index contributed by atoms with van der Waals surface area (Å²) in [5, 5.41) is 0. The van der Waals surface area contributed by atoms with Crippen molar-refractivity contribution in [2.45, 2.75) is 20.3 Å². The number of Topliss-reactive ketones (excluding diaryl/α,β-unsaturated/α-hetero) is 1. The molecule has 0 aromatic rings. The molecule has 0 unspecified atom stereocenters. The molecule has 11 heavy (non-hydrogen) atoms. The molecule has 0 spiro atoms. The van der Waals surface area contributed by atoms with Crippen molar-refractivity contribution in [3.8, 4) is 12.3 Å². The smallest absolute Gasteiger partial charge is 0.162 e. The maximum absolute atomic E-state index is 11.1. The number of terminal acetylenes is 1. The van der Waals surface area contributed by atoms with Crippen LogP contribution in [-0.4, -0.2) is 5.78 Å². The summed E-state index contributed by atoms with van der Waals surface area (Å²) in [6.45, 7) is 3.70. The van der Waals surface area contributed by atoms with Crippen molar-refractivity contribution in [1.29, 1.82) is 0 Å². The standard InChI is InChI=1S/C10H10O/c1-4-9-5-8(3)10(11)6-7(9)2/h1,5H,6H2,2-3H3. The SMILES string of the molecule is C#CC1=C(C)CC(=O)C(C)=C1. The van der Waals surface area contributed by atoms with E-state index in [4.69, 9.17) is 6.42 Å². The zero-order valence-corrected chi connectivity index (χ0v) is 6.77. The summed E-state index contributed by atoms with van der Waals surface area (Å²) < 4.78 is 0. The van der Waals surface area contributed by atoms with Gasteiger partial charge in [0, 0.05) is 12.0 Å². The van der Waals surface area contributed by atoms with Gasteiger partial charge in [-0.05, 0) is 31.1 Å². The molecule has 0 saturated heterocycles. The highest BCUT2D eigenvalue weighted by molar-refractivity contribution is 5.98. The van der Waals surface area contributed by atoms with Crippen LogP contribution in [0.4, 0.5) is 0 Å². The van der Waals surface area contributed by atoms with E-state index in [-0.39, 0.29) is 5.78 Å². The van der Waals surface area contributed by atoms with Crippen molar-refractivity contribution in [3.63, 3.8) is 0 Å². The Balaban J connectivity index is 3.09. The van der Waals surface area contributed by atoms with E-state index in [0.717, 1.165) is 16.7 Å². The Morgan fingerprint density at radius 1 is 1.55 bits per heavy atom. The monoisotopic (exact) mass is 146 g/mol. The van der Waals surface area contributed by atoms with E-state index < -0.39 is 0 Å². The summed E-state index contributed by atoms with van der Waals surface area (Å²) in [5.74, 6) is 2.74. The Labute approximate surface area is 66.8 Å². The average Bonchev–Trinajstić information content (AvgIpc) is 1.97. The fraction of sp³-hybridized carbons (Fsp3) is 0.300. The Hall–Kier alpha value is -1.29. The molecular formula is C10H10O. The van der Waals surface area contributed by atoms with Gasteiger partial charge in [0.15, 0.2) is 5.78 Å². The second-order valence-electron chi connectivity index (χ2n) is 2.77. The second kappa shape index (κ2) is 2.75. The van der Waals surface area contributed by atoms with Gasteiger partial charge >= 0.3 is 0 Å². The van der Waals surface area contributed by atoms with Gasteiger partial charge in [-0.2, -0.15) is 0 Å². The first kappa shape index (κ1) is 7.81. The third-order valence-corrected chi connectivity index (χ3v) is 1.84. The molecule has 1 rings (SSSR count). The first-order valence-corrected chi connectivity index (χ1v) is 3.53. The molecule has 0 aromatic heterocycles. The fourth-order valence-corrected chi connectivity index (χ4v) is 1.06. The summed E-state index contributed by atoms with van der Waals surface area (Å²) in [6, 6.07) is 0. The van der Waals surface area contributed by atoms with Crippen LogP contribution >= 0.6 is 0 Å². The van der Waals surface area contributed by atoms with Gasteiger partial charge in [0.05, 0.1) is 0 Å². The second-order valence-corrected chi connectivity index (χ2v) is 2.77. The van der Waals surface area contributed by atoms with Crippen LogP contribution in [0.15, 0.2) is 22.8 Å². The average molecular weight is 146 g/mol. The largest absolute Gasteiger partial charge is 0.294 e. The molecule has 0 N–H and O–H groups in total. The van der Waals surface area contributed by atoms with Gasteiger partial charge in [-0.1, -0.05) is 5.92 Å². The van der Waals surface area contributed by atoms with Crippen molar-refractivity contribution < 1.29 is 4.79 Å². The summed E-state index contributed by atoms with van der Waals surface area (Å²) in [4.78, 5) is 11.1. The minimum atomic E-state index is 0.182. The predicted octanol–water partition coefficient (Wildman–Crippen LogP) is 1.86. The van der Waals surface area contributed by atoms with Crippen LogP contribution < -0.4 is 0 Å². The molecule has 1 nitrogen and oxygen atoms in total. The summed E-state index contributed by atoms with van der Waals surface area (Å²) in [5.41, 5.74) is 2.63. The van der Waals surface area contributed by atoms with Crippen LogP contribution in [0.5, 0.6) is 0 Å². The number of allylic oxidation sites excluding steroid dienone is 4. The van der Waals surface area contributed by atoms with Crippen LogP contribution in [0.2, 0.25) is 0 Å². The topological polar surface area (TPSA) is 17.1 Å². The highest BCUT2D eigenvalue weighted by atomic mass is 16.1. The zero-order valence-electron chi connectivity index (χ0n) is 6.77. The van der Waals surface area contributed by atoms with E-state index >= 15 is 0 Å². The molecular weight excluding hydrogens is 136 g/mol. The number of carbonyl (C=O) groups is 1. The number of rotatable bonds is 0. The van der Waals surface area contributed by atoms with E-state index in [1.807, 2.05) is 6.92 Å². The van der Waals surface area contributed by atoms with E-state index in [2.05, 4.69) is 5.92 Å². The number of hydrogen-bond donors (Lipinski definition) is 0. The highest BCUT2D eigenvalue weighted by Gasteiger charge is 2.13. The molecule has 56 valence electrons. The van der Waals surface area contributed by atoms with E-state index in [0.29, 0.717) is 6.42 Å². The van der Waals surface area contributed by atoms with Gasteiger partial charge in [0.25, 0.3) is 0 Å². The lowest BCUT2D eigenvalue weighted by molar-refractivity contribution is -0.115. The summed E-state index contributed by atoms with van der Waals surface area (Å²) in [7, 11) is 0. The predicted molar refractivity (Wildman–Crippen MR) is 44.9 cm³/mol. The first-order valence-electron chi connectivity index (χ1n) is 3.53. The Morgan fingerprint density at radius 2 is 2.18 bits per heavy atom. The van der Waals surface area contributed by atoms with Crippen LogP contribution in [0, 0.1) is 12.3 Å². The maximum atomic E-state index is 11.1. The van der Waals surface area contributed by atoms with Gasteiger partial charge in [-0.15, -0.1) is 6.42 Å². The van der Waals surface area contributed by atoms with Gasteiger partial charge in [0.1, 0.15) is 0 Å². The number of carbonyl (C=O) groups excluding carboxylic acids is 1. The van der Waals surface area contributed by atoms with Crippen molar-refractivity contribution in [1.82, 2.24) is 0 Å².